The lowest BCUT2D eigenvalue weighted by atomic mass is 9.98. The maximum absolute atomic E-state index is 13.2. The lowest BCUT2D eigenvalue weighted by Crippen LogP contribution is -2.37. The third-order valence-corrected chi connectivity index (χ3v) is 4.13. The Morgan fingerprint density at radius 1 is 1.16 bits per heavy atom. The number of guanidine groups is 1. The molecular formula is C20H26FN3O. The summed E-state index contributed by atoms with van der Waals surface area (Å²) >= 11 is 0. The Balaban J connectivity index is 1.76. The highest BCUT2D eigenvalue weighted by Crippen LogP contribution is 2.21. The Morgan fingerprint density at radius 3 is 2.56 bits per heavy atom. The number of ether oxygens (including phenoxy) is 1. The van der Waals surface area contributed by atoms with Crippen molar-refractivity contribution in [1.82, 2.24) is 10.6 Å². The molecule has 0 spiro atoms. The molecule has 134 valence electrons. The van der Waals surface area contributed by atoms with Crippen LogP contribution < -0.4 is 15.4 Å². The average Bonchev–Trinajstić information content (AvgIpc) is 2.64. The Morgan fingerprint density at radius 2 is 1.92 bits per heavy atom. The van der Waals surface area contributed by atoms with E-state index in [0.29, 0.717) is 18.4 Å². The van der Waals surface area contributed by atoms with Crippen LogP contribution in [0, 0.1) is 5.82 Å². The number of methoxy groups -OCH3 is 1. The molecule has 0 heterocycles. The zero-order valence-electron chi connectivity index (χ0n) is 15.1. The van der Waals surface area contributed by atoms with Crippen molar-refractivity contribution < 1.29 is 9.13 Å². The van der Waals surface area contributed by atoms with Gasteiger partial charge in [-0.25, -0.2) is 4.39 Å². The molecule has 0 amide bonds. The molecule has 1 unspecified atom stereocenters. The van der Waals surface area contributed by atoms with Crippen LogP contribution in [0.25, 0.3) is 0 Å². The van der Waals surface area contributed by atoms with Gasteiger partial charge in [-0.15, -0.1) is 0 Å². The number of nitrogens with zero attached hydrogens (tertiary/aromatic N) is 1. The third kappa shape index (κ3) is 6.10. The highest BCUT2D eigenvalue weighted by atomic mass is 19.1. The van der Waals surface area contributed by atoms with Crippen LogP contribution in [0.2, 0.25) is 0 Å². The summed E-state index contributed by atoms with van der Waals surface area (Å²) in [6, 6.07) is 14.7. The van der Waals surface area contributed by atoms with E-state index in [4.69, 9.17) is 4.74 Å². The van der Waals surface area contributed by atoms with Gasteiger partial charge in [-0.3, -0.25) is 4.99 Å². The van der Waals surface area contributed by atoms with Crippen LogP contribution in [0.15, 0.2) is 53.5 Å². The van der Waals surface area contributed by atoms with Crippen LogP contribution in [0.1, 0.15) is 30.4 Å². The summed E-state index contributed by atoms with van der Waals surface area (Å²) in [6.45, 7) is 3.54. The van der Waals surface area contributed by atoms with Gasteiger partial charge in [0.2, 0.25) is 0 Å². The van der Waals surface area contributed by atoms with Crippen LogP contribution in [-0.2, 0) is 6.54 Å². The van der Waals surface area contributed by atoms with E-state index in [1.54, 1.807) is 20.2 Å². The second-order valence-corrected chi connectivity index (χ2v) is 5.95. The van der Waals surface area contributed by atoms with E-state index < -0.39 is 0 Å². The van der Waals surface area contributed by atoms with Crippen LogP contribution >= 0.6 is 0 Å². The Kier molecular flexibility index (Phi) is 7.26. The molecule has 4 nitrogen and oxygen atoms in total. The number of hydrogen-bond donors (Lipinski definition) is 2. The zero-order chi connectivity index (χ0) is 18.1. The van der Waals surface area contributed by atoms with E-state index in [2.05, 4.69) is 34.7 Å². The summed E-state index contributed by atoms with van der Waals surface area (Å²) in [6.07, 6.45) is 0.979. The van der Waals surface area contributed by atoms with Gasteiger partial charge >= 0.3 is 0 Å². The molecule has 0 saturated heterocycles. The zero-order valence-corrected chi connectivity index (χ0v) is 15.1. The molecule has 0 saturated carbocycles. The largest absolute Gasteiger partial charge is 0.497 e. The molecule has 2 N–H and O–H groups in total. The van der Waals surface area contributed by atoms with Crippen LogP contribution in [0.4, 0.5) is 4.39 Å². The normalized spacial score (nSPS) is 12.6. The highest BCUT2D eigenvalue weighted by molar-refractivity contribution is 5.79. The maximum atomic E-state index is 13.2. The van der Waals surface area contributed by atoms with Crippen molar-refractivity contribution in [3.63, 3.8) is 0 Å². The Hall–Kier alpha value is -2.56. The van der Waals surface area contributed by atoms with E-state index in [9.17, 15) is 4.39 Å². The average molecular weight is 343 g/mol. The van der Waals surface area contributed by atoms with Crippen LogP contribution in [-0.4, -0.2) is 26.7 Å². The lowest BCUT2D eigenvalue weighted by Gasteiger charge is -2.15. The smallest absolute Gasteiger partial charge is 0.191 e. The van der Waals surface area contributed by atoms with E-state index in [-0.39, 0.29) is 5.82 Å². The molecular weight excluding hydrogens is 317 g/mol. The number of benzene rings is 2. The van der Waals surface area contributed by atoms with Crippen LogP contribution in [0.5, 0.6) is 5.75 Å². The van der Waals surface area contributed by atoms with Gasteiger partial charge in [0.25, 0.3) is 0 Å². The van der Waals surface area contributed by atoms with Gasteiger partial charge in [-0.1, -0.05) is 31.2 Å². The highest BCUT2D eigenvalue weighted by Gasteiger charge is 2.06. The van der Waals surface area contributed by atoms with Crippen molar-refractivity contribution in [3.05, 3.63) is 65.5 Å². The first-order valence-corrected chi connectivity index (χ1v) is 8.45. The minimum absolute atomic E-state index is 0.226. The standard InChI is InChI=1S/C20H26FN3O/c1-15(17-7-9-19(25-3)10-8-17)11-12-23-20(22-2)24-14-16-5-4-6-18(21)13-16/h4-10,13,15H,11-12,14H2,1-3H3,(H2,22,23,24). The molecule has 0 radical (unpaired) electrons. The molecule has 25 heavy (non-hydrogen) atoms. The summed E-state index contributed by atoms with van der Waals surface area (Å²) in [5.74, 6) is 1.79. The van der Waals surface area contributed by atoms with Gasteiger partial charge in [0.1, 0.15) is 11.6 Å². The fourth-order valence-electron chi connectivity index (χ4n) is 2.56. The second-order valence-electron chi connectivity index (χ2n) is 5.95. The fourth-order valence-corrected chi connectivity index (χ4v) is 2.56. The molecule has 2 aromatic rings. The number of rotatable bonds is 7. The number of nitrogens with one attached hydrogen (secondary N) is 2. The summed E-state index contributed by atoms with van der Waals surface area (Å²) in [5, 5.41) is 6.50. The molecule has 0 aliphatic rings. The van der Waals surface area contributed by atoms with E-state index >= 15 is 0 Å². The van der Waals surface area contributed by atoms with Gasteiger partial charge < -0.3 is 15.4 Å². The lowest BCUT2D eigenvalue weighted by molar-refractivity contribution is 0.414. The van der Waals surface area contributed by atoms with Gasteiger partial charge in [0, 0.05) is 20.1 Å². The summed E-state index contributed by atoms with van der Waals surface area (Å²) < 4.78 is 18.4. The number of hydrogen-bond acceptors (Lipinski definition) is 2. The molecule has 0 bridgehead atoms. The predicted molar refractivity (Wildman–Crippen MR) is 101 cm³/mol. The Labute approximate surface area is 149 Å². The van der Waals surface area contributed by atoms with E-state index in [1.807, 2.05) is 18.2 Å². The minimum Gasteiger partial charge on any atom is -0.497 e. The Bertz CT molecular complexity index is 686. The number of halogens is 1. The molecule has 5 heteroatoms. The summed E-state index contributed by atoms with van der Waals surface area (Å²) in [5.41, 5.74) is 2.17. The SMILES string of the molecule is CN=C(NCCC(C)c1ccc(OC)cc1)NCc1cccc(F)c1. The maximum Gasteiger partial charge on any atom is 0.191 e. The van der Waals surface area contributed by atoms with Crippen molar-refractivity contribution in [1.29, 1.82) is 0 Å². The van der Waals surface area contributed by atoms with Gasteiger partial charge in [0.05, 0.1) is 7.11 Å². The topological polar surface area (TPSA) is 45.7 Å². The number of aliphatic imine (C=N–C) groups is 1. The molecule has 0 aliphatic heterocycles. The first-order chi connectivity index (χ1) is 12.1. The van der Waals surface area contributed by atoms with Crippen molar-refractivity contribution in [2.45, 2.75) is 25.8 Å². The molecule has 0 aromatic heterocycles. The fraction of sp³-hybridized carbons (Fsp3) is 0.350. The first-order valence-electron chi connectivity index (χ1n) is 8.45. The van der Waals surface area contributed by atoms with E-state index in [0.717, 1.165) is 24.3 Å². The van der Waals surface area contributed by atoms with Crippen molar-refractivity contribution >= 4 is 5.96 Å². The second kappa shape index (κ2) is 9.67. The van der Waals surface area contributed by atoms with Gasteiger partial charge in [-0.05, 0) is 47.7 Å². The van der Waals surface area contributed by atoms with Gasteiger partial charge in [0.15, 0.2) is 5.96 Å². The molecule has 0 fully saturated rings. The van der Waals surface area contributed by atoms with Crippen molar-refractivity contribution in [2.75, 3.05) is 20.7 Å². The summed E-state index contributed by atoms with van der Waals surface area (Å²) in [7, 11) is 3.40. The monoisotopic (exact) mass is 343 g/mol. The molecule has 2 aromatic carbocycles. The predicted octanol–water partition coefficient (Wildman–Crippen LogP) is 3.69. The van der Waals surface area contributed by atoms with E-state index in [1.165, 1.54) is 17.7 Å². The summed E-state index contributed by atoms with van der Waals surface area (Å²) in [4.78, 5) is 4.20. The molecule has 1 atom stereocenters. The first kappa shape index (κ1) is 18.8. The molecule has 2 rings (SSSR count). The quantitative estimate of drug-likeness (QED) is 0.595. The molecule has 0 aliphatic carbocycles. The van der Waals surface area contributed by atoms with Crippen LogP contribution in [0.3, 0.4) is 0 Å². The minimum atomic E-state index is -0.226. The van der Waals surface area contributed by atoms with Crippen molar-refractivity contribution in [2.24, 2.45) is 4.99 Å². The van der Waals surface area contributed by atoms with Crippen molar-refractivity contribution in [3.8, 4) is 5.75 Å². The third-order valence-electron chi connectivity index (χ3n) is 4.13. The van der Waals surface area contributed by atoms with Gasteiger partial charge in [-0.2, -0.15) is 0 Å².